The first-order valence-electron chi connectivity index (χ1n) is 10.2. The average Bonchev–Trinajstić information content (AvgIpc) is 3.06. The molecular formula is C22H24N6O2. The maximum absolute atomic E-state index is 12.2. The van der Waals surface area contributed by atoms with Crippen molar-refractivity contribution in [3.8, 4) is 11.3 Å². The fourth-order valence-electron chi connectivity index (χ4n) is 3.52. The first kappa shape index (κ1) is 19.8. The predicted molar refractivity (Wildman–Crippen MR) is 115 cm³/mol. The van der Waals surface area contributed by atoms with Crippen molar-refractivity contribution in [2.24, 2.45) is 0 Å². The summed E-state index contributed by atoms with van der Waals surface area (Å²) < 4.78 is 1.26. The Morgan fingerprint density at radius 1 is 0.933 bits per heavy atom. The number of amides is 1. The predicted octanol–water partition coefficient (Wildman–Crippen LogP) is 2.72. The fourth-order valence-corrected chi connectivity index (χ4v) is 3.52. The van der Waals surface area contributed by atoms with E-state index in [0.717, 1.165) is 30.2 Å². The van der Waals surface area contributed by atoms with Crippen LogP contribution in [0.15, 0.2) is 59.8 Å². The Balaban J connectivity index is 1.39. The highest BCUT2D eigenvalue weighted by molar-refractivity contribution is 5.90. The number of hydrogen-bond acceptors (Lipinski definition) is 6. The third-order valence-corrected chi connectivity index (χ3v) is 5.15. The summed E-state index contributed by atoms with van der Waals surface area (Å²) in [5.41, 5.74) is 2.09. The van der Waals surface area contributed by atoms with Crippen molar-refractivity contribution in [1.29, 1.82) is 0 Å². The summed E-state index contributed by atoms with van der Waals surface area (Å²) in [6.45, 7) is 1.99. The fraction of sp³-hybridized carbons (Fsp3) is 0.318. The summed E-state index contributed by atoms with van der Waals surface area (Å²) in [6.07, 6.45) is 7.71. The topological polar surface area (TPSA) is 93.0 Å². The molecule has 1 aliphatic rings. The molecule has 1 fully saturated rings. The van der Waals surface area contributed by atoms with Crippen LogP contribution in [0, 0.1) is 0 Å². The number of hydrogen-bond donors (Lipinski definition) is 1. The van der Waals surface area contributed by atoms with Gasteiger partial charge in [0.25, 0.3) is 5.56 Å². The van der Waals surface area contributed by atoms with Gasteiger partial charge in [-0.05, 0) is 37.1 Å². The number of carbonyl (C=O) groups excluding carboxylic acids is 1. The second kappa shape index (κ2) is 9.30. The van der Waals surface area contributed by atoms with E-state index in [0.29, 0.717) is 5.69 Å². The molecule has 1 amide bonds. The highest BCUT2D eigenvalue weighted by Gasteiger charge is 2.12. The van der Waals surface area contributed by atoms with Gasteiger partial charge in [0.2, 0.25) is 5.91 Å². The molecule has 1 aromatic carbocycles. The molecule has 0 unspecified atom stereocenters. The third kappa shape index (κ3) is 4.89. The van der Waals surface area contributed by atoms with Crippen molar-refractivity contribution >= 4 is 17.4 Å². The molecular weight excluding hydrogens is 380 g/mol. The Bertz CT molecular complexity index is 1040. The minimum atomic E-state index is -0.292. The molecule has 2 aromatic heterocycles. The largest absolute Gasteiger partial charge is 0.355 e. The van der Waals surface area contributed by atoms with Crippen LogP contribution in [0.5, 0.6) is 0 Å². The quantitative estimate of drug-likeness (QED) is 0.703. The zero-order valence-electron chi connectivity index (χ0n) is 16.7. The Labute approximate surface area is 174 Å². The molecule has 8 nitrogen and oxygen atoms in total. The number of benzene rings is 1. The van der Waals surface area contributed by atoms with Crippen LogP contribution in [0.1, 0.15) is 25.7 Å². The number of carbonyl (C=O) groups is 1. The maximum atomic E-state index is 12.2. The lowest BCUT2D eigenvalue weighted by Gasteiger charge is -2.20. The second-order valence-electron chi connectivity index (χ2n) is 7.35. The Morgan fingerprint density at radius 2 is 1.70 bits per heavy atom. The lowest BCUT2D eigenvalue weighted by atomic mass is 10.1. The monoisotopic (exact) mass is 404 g/mol. The van der Waals surface area contributed by atoms with Crippen molar-refractivity contribution in [2.75, 3.05) is 23.3 Å². The van der Waals surface area contributed by atoms with Crippen LogP contribution in [0.4, 0.5) is 11.5 Å². The molecule has 3 heterocycles. The number of aromatic nitrogens is 4. The van der Waals surface area contributed by atoms with Gasteiger partial charge in [0.1, 0.15) is 6.54 Å². The zero-order valence-corrected chi connectivity index (χ0v) is 16.7. The van der Waals surface area contributed by atoms with Gasteiger partial charge in [-0.25, -0.2) is 4.98 Å². The molecule has 8 heteroatoms. The average molecular weight is 404 g/mol. The summed E-state index contributed by atoms with van der Waals surface area (Å²) in [5, 5.41) is 11.6. The molecule has 0 spiro atoms. The minimum absolute atomic E-state index is 0.0855. The first-order chi connectivity index (χ1) is 14.7. The van der Waals surface area contributed by atoms with Crippen LogP contribution < -0.4 is 15.8 Å². The van der Waals surface area contributed by atoms with E-state index in [4.69, 9.17) is 0 Å². The Hall–Kier alpha value is -3.55. The molecule has 0 saturated carbocycles. The molecule has 0 bridgehead atoms. The first-order valence-corrected chi connectivity index (χ1v) is 10.2. The van der Waals surface area contributed by atoms with Gasteiger partial charge in [0, 0.05) is 36.6 Å². The maximum Gasteiger partial charge on any atom is 0.253 e. The highest BCUT2D eigenvalue weighted by atomic mass is 16.2. The van der Waals surface area contributed by atoms with Crippen molar-refractivity contribution in [1.82, 2.24) is 19.7 Å². The van der Waals surface area contributed by atoms with Gasteiger partial charge in [-0.3, -0.25) is 14.2 Å². The van der Waals surface area contributed by atoms with E-state index >= 15 is 0 Å². The molecule has 3 aromatic rings. The molecule has 154 valence electrons. The molecule has 0 aliphatic carbocycles. The summed E-state index contributed by atoms with van der Waals surface area (Å²) in [5.74, 6) is 0.634. The van der Waals surface area contributed by atoms with Crippen LogP contribution in [0.2, 0.25) is 0 Å². The lowest BCUT2D eigenvalue weighted by Crippen LogP contribution is -2.26. The van der Waals surface area contributed by atoms with Gasteiger partial charge in [-0.15, -0.1) is 10.2 Å². The van der Waals surface area contributed by atoms with Crippen LogP contribution >= 0.6 is 0 Å². The Kier molecular flexibility index (Phi) is 6.12. The molecule has 1 N–H and O–H groups in total. The highest BCUT2D eigenvalue weighted by Crippen LogP contribution is 2.22. The SMILES string of the molecule is O=C(Cn1cnccc1=O)Nc1ccc(-c2ccc(N3CCCCCC3)nn2)cc1. The molecule has 1 saturated heterocycles. The molecule has 0 radical (unpaired) electrons. The van der Waals surface area contributed by atoms with E-state index < -0.39 is 0 Å². The van der Waals surface area contributed by atoms with Crippen molar-refractivity contribution in [3.63, 3.8) is 0 Å². The summed E-state index contributed by atoms with van der Waals surface area (Å²) in [4.78, 5) is 30.0. The summed E-state index contributed by atoms with van der Waals surface area (Å²) in [7, 11) is 0. The van der Waals surface area contributed by atoms with Gasteiger partial charge in [0.15, 0.2) is 5.82 Å². The van der Waals surface area contributed by atoms with Gasteiger partial charge in [-0.2, -0.15) is 0 Å². The van der Waals surface area contributed by atoms with Crippen molar-refractivity contribution < 1.29 is 4.79 Å². The molecule has 0 atom stereocenters. The number of anilines is 2. The molecule has 1 aliphatic heterocycles. The number of nitrogens with zero attached hydrogens (tertiary/aromatic N) is 5. The van der Waals surface area contributed by atoms with Crippen LogP contribution in [-0.2, 0) is 11.3 Å². The van der Waals surface area contributed by atoms with Gasteiger partial charge in [0.05, 0.1) is 12.0 Å². The number of rotatable bonds is 5. The molecule has 30 heavy (non-hydrogen) atoms. The van der Waals surface area contributed by atoms with E-state index in [2.05, 4.69) is 25.4 Å². The Morgan fingerprint density at radius 3 is 2.37 bits per heavy atom. The van der Waals surface area contributed by atoms with E-state index in [1.165, 1.54) is 48.8 Å². The lowest BCUT2D eigenvalue weighted by molar-refractivity contribution is -0.116. The van der Waals surface area contributed by atoms with E-state index in [1.807, 2.05) is 36.4 Å². The van der Waals surface area contributed by atoms with Crippen molar-refractivity contribution in [2.45, 2.75) is 32.2 Å². The third-order valence-electron chi connectivity index (χ3n) is 5.15. The van der Waals surface area contributed by atoms with E-state index in [9.17, 15) is 9.59 Å². The standard InChI is InChI=1S/C22H24N6O2/c29-21(15-28-16-23-12-11-22(28)30)24-18-7-5-17(6-8-18)19-9-10-20(26-25-19)27-13-3-1-2-4-14-27/h5-12,16H,1-4,13-15H2,(H,24,29). The summed E-state index contributed by atoms with van der Waals surface area (Å²) in [6, 6.07) is 12.7. The minimum Gasteiger partial charge on any atom is -0.355 e. The van der Waals surface area contributed by atoms with E-state index in [1.54, 1.807) is 0 Å². The van der Waals surface area contributed by atoms with Gasteiger partial charge < -0.3 is 10.2 Å². The number of nitrogens with one attached hydrogen (secondary N) is 1. The van der Waals surface area contributed by atoms with Crippen LogP contribution in [-0.4, -0.2) is 38.7 Å². The second-order valence-corrected chi connectivity index (χ2v) is 7.35. The van der Waals surface area contributed by atoms with Gasteiger partial charge >= 0.3 is 0 Å². The van der Waals surface area contributed by atoms with Crippen LogP contribution in [0.25, 0.3) is 11.3 Å². The summed E-state index contributed by atoms with van der Waals surface area (Å²) >= 11 is 0. The van der Waals surface area contributed by atoms with Gasteiger partial charge in [-0.1, -0.05) is 25.0 Å². The van der Waals surface area contributed by atoms with Crippen LogP contribution in [0.3, 0.4) is 0 Å². The normalized spacial score (nSPS) is 14.2. The molecule has 4 rings (SSSR count). The van der Waals surface area contributed by atoms with Crippen molar-refractivity contribution in [3.05, 3.63) is 65.3 Å². The zero-order chi connectivity index (χ0) is 20.8. The smallest absolute Gasteiger partial charge is 0.253 e. The van der Waals surface area contributed by atoms with E-state index in [-0.39, 0.29) is 18.0 Å².